The molecule has 92 valence electrons. The molecule has 0 spiro atoms. The van der Waals surface area contributed by atoms with Gasteiger partial charge in [-0.15, -0.1) is 11.3 Å². The fourth-order valence-electron chi connectivity index (χ4n) is 2.17. The van der Waals surface area contributed by atoms with Gasteiger partial charge in [0.25, 0.3) is 0 Å². The van der Waals surface area contributed by atoms with Crippen molar-refractivity contribution in [2.45, 2.75) is 53.1 Å². The zero-order chi connectivity index (χ0) is 12.4. The maximum atomic E-state index is 3.63. The van der Waals surface area contributed by atoms with Crippen molar-refractivity contribution < 1.29 is 0 Å². The third-order valence-electron chi connectivity index (χ3n) is 2.37. The second kappa shape index (κ2) is 5.19. The highest BCUT2D eigenvalue weighted by molar-refractivity contribution is 9.11. The van der Waals surface area contributed by atoms with E-state index in [0.29, 0.717) is 5.41 Å². The molecule has 1 nitrogen and oxygen atoms in total. The van der Waals surface area contributed by atoms with Gasteiger partial charge in [-0.25, -0.2) is 0 Å². The fraction of sp³-hybridized carbons (Fsp3) is 0.692. The fourth-order valence-corrected chi connectivity index (χ4v) is 3.38. The molecule has 0 saturated carbocycles. The quantitative estimate of drug-likeness (QED) is 0.841. The molecule has 0 radical (unpaired) electrons. The van der Waals surface area contributed by atoms with Crippen LogP contribution in [0.1, 0.15) is 46.6 Å². The van der Waals surface area contributed by atoms with E-state index in [-0.39, 0.29) is 5.54 Å². The van der Waals surface area contributed by atoms with Crippen molar-refractivity contribution in [1.29, 1.82) is 0 Å². The van der Waals surface area contributed by atoms with Crippen LogP contribution >= 0.6 is 27.3 Å². The summed E-state index contributed by atoms with van der Waals surface area (Å²) >= 11 is 5.24. The van der Waals surface area contributed by atoms with E-state index >= 15 is 0 Å². The lowest BCUT2D eigenvalue weighted by Gasteiger charge is -2.33. The first-order valence-electron chi connectivity index (χ1n) is 5.66. The van der Waals surface area contributed by atoms with Gasteiger partial charge in [0.15, 0.2) is 0 Å². The largest absolute Gasteiger partial charge is 0.308 e. The van der Waals surface area contributed by atoms with Crippen molar-refractivity contribution in [2.24, 2.45) is 5.41 Å². The van der Waals surface area contributed by atoms with Gasteiger partial charge in [-0.1, -0.05) is 20.8 Å². The van der Waals surface area contributed by atoms with Crippen LogP contribution < -0.4 is 5.32 Å². The first kappa shape index (κ1) is 14.2. The summed E-state index contributed by atoms with van der Waals surface area (Å²) in [6.07, 6.45) is 1.17. The zero-order valence-corrected chi connectivity index (χ0v) is 13.3. The lowest BCUT2D eigenvalue weighted by Crippen LogP contribution is -2.41. The summed E-state index contributed by atoms with van der Waals surface area (Å²) in [5, 5.41) is 5.83. The Labute approximate surface area is 112 Å². The Morgan fingerprint density at radius 1 is 1.25 bits per heavy atom. The Balaban J connectivity index is 2.47. The standard InChI is InChI=1S/C13H22BrNS/c1-12(2,3)9-13(4,5)15-7-10-6-11(14)16-8-10/h6,8,15H,7,9H2,1-5H3. The second-order valence-corrected chi connectivity index (χ2v) is 8.52. The van der Waals surface area contributed by atoms with E-state index in [1.165, 1.54) is 15.8 Å². The van der Waals surface area contributed by atoms with Crippen LogP contribution in [0.4, 0.5) is 0 Å². The first-order chi connectivity index (χ1) is 7.18. The van der Waals surface area contributed by atoms with E-state index in [2.05, 4.69) is 67.3 Å². The van der Waals surface area contributed by atoms with Gasteiger partial charge in [-0.3, -0.25) is 0 Å². The SMILES string of the molecule is CC(C)(C)CC(C)(C)NCc1csc(Br)c1. The molecule has 1 aromatic rings. The molecule has 0 fully saturated rings. The summed E-state index contributed by atoms with van der Waals surface area (Å²) < 4.78 is 1.21. The molecule has 0 aliphatic carbocycles. The summed E-state index contributed by atoms with van der Waals surface area (Å²) in [4.78, 5) is 0. The highest BCUT2D eigenvalue weighted by Gasteiger charge is 2.24. The van der Waals surface area contributed by atoms with Gasteiger partial charge in [0, 0.05) is 12.1 Å². The van der Waals surface area contributed by atoms with E-state index < -0.39 is 0 Å². The van der Waals surface area contributed by atoms with Crippen LogP contribution in [0.25, 0.3) is 0 Å². The monoisotopic (exact) mass is 303 g/mol. The van der Waals surface area contributed by atoms with Gasteiger partial charge >= 0.3 is 0 Å². The molecule has 1 N–H and O–H groups in total. The van der Waals surface area contributed by atoms with E-state index in [4.69, 9.17) is 0 Å². The molecule has 1 aromatic heterocycles. The maximum absolute atomic E-state index is 3.63. The normalized spacial score (nSPS) is 13.1. The van der Waals surface area contributed by atoms with Crippen molar-refractivity contribution in [3.05, 3.63) is 20.8 Å². The van der Waals surface area contributed by atoms with E-state index in [1.807, 2.05) is 0 Å². The minimum absolute atomic E-state index is 0.187. The number of nitrogens with one attached hydrogen (secondary N) is 1. The molecule has 0 unspecified atom stereocenters. The molecule has 0 aromatic carbocycles. The molecule has 0 aliphatic rings. The summed E-state index contributed by atoms with van der Waals surface area (Å²) in [6.45, 7) is 12.4. The van der Waals surface area contributed by atoms with Gasteiger partial charge in [0.1, 0.15) is 0 Å². The van der Waals surface area contributed by atoms with Crippen LogP contribution in [-0.2, 0) is 6.54 Å². The lowest BCUT2D eigenvalue weighted by atomic mass is 9.82. The van der Waals surface area contributed by atoms with Crippen LogP contribution in [0, 0.1) is 5.41 Å². The van der Waals surface area contributed by atoms with Gasteiger partial charge in [0.05, 0.1) is 3.79 Å². The molecule has 0 saturated heterocycles. The molecule has 0 amide bonds. The van der Waals surface area contributed by atoms with Crippen LogP contribution in [0.2, 0.25) is 0 Å². The Morgan fingerprint density at radius 2 is 1.88 bits per heavy atom. The zero-order valence-electron chi connectivity index (χ0n) is 10.9. The van der Waals surface area contributed by atoms with Crippen molar-refractivity contribution in [3.8, 4) is 0 Å². The van der Waals surface area contributed by atoms with Crippen LogP contribution in [0.5, 0.6) is 0 Å². The van der Waals surface area contributed by atoms with Crippen molar-refractivity contribution >= 4 is 27.3 Å². The number of rotatable bonds is 4. The van der Waals surface area contributed by atoms with Gasteiger partial charge in [0.2, 0.25) is 0 Å². The predicted octanol–water partition coefficient (Wildman–Crippen LogP) is 4.82. The number of hydrogen-bond donors (Lipinski definition) is 1. The molecule has 1 heterocycles. The summed E-state index contributed by atoms with van der Waals surface area (Å²) in [6, 6.07) is 2.19. The summed E-state index contributed by atoms with van der Waals surface area (Å²) in [5.74, 6) is 0. The molecular formula is C13H22BrNS. The summed E-state index contributed by atoms with van der Waals surface area (Å²) in [5.41, 5.74) is 1.91. The average Bonchev–Trinajstić information content (AvgIpc) is 2.44. The summed E-state index contributed by atoms with van der Waals surface area (Å²) in [7, 11) is 0. The third-order valence-corrected chi connectivity index (χ3v) is 3.92. The highest BCUT2D eigenvalue weighted by Crippen LogP contribution is 2.27. The van der Waals surface area contributed by atoms with Gasteiger partial charge < -0.3 is 5.32 Å². The van der Waals surface area contributed by atoms with Gasteiger partial charge in [-0.2, -0.15) is 0 Å². The lowest BCUT2D eigenvalue weighted by molar-refractivity contribution is 0.241. The molecule has 0 bridgehead atoms. The maximum Gasteiger partial charge on any atom is 0.0701 e. The van der Waals surface area contributed by atoms with Crippen LogP contribution in [0.3, 0.4) is 0 Å². The first-order valence-corrected chi connectivity index (χ1v) is 7.33. The van der Waals surface area contributed by atoms with Crippen LogP contribution in [0.15, 0.2) is 15.2 Å². The van der Waals surface area contributed by atoms with Crippen molar-refractivity contribution in [2.75, 3.05) is 0 Å². The molecule has 3 heteroatoms. The molecule has 0 aliphatic heterocycles. The minimum atomic E-state index is 0.187. The Bertz CT molecular complexity index is 336. The molecule has 1 rings (SSSR count). The van der Waals surface area contributed by atoms with Crippen molar-refractivity contribution in [1.82, 2.24) is 5.32 Å². The van der Waals surface area contributed by atoms with E-state index in [0.717, 1.165) is 6.54 Å². The third kappa shape index (κ3) is 5.46. The molecule has 0 atom stereocenters. The average molecular weight is 304 g/mol. The molecular weight excluding hydrogens is 282 g/mol. The Hall–Kier alpha value is 0.140. The number of hydrogen-bond acceptors (Lipinski definition) is 2. The predicted molar refractivity (Wildman–Crippen MR) is 77.0 cm³/mol. The smallest absolute Gasteiger partial charge is 0.0701 e. The van der Waals surface area contributed by atoms with Crippen LogP contribution in [-0.4, -0.2) is 5.54 Å². The van der Waals surface area contributed by atoms with Gasteiger partial charge in [-0.05, 0) is 58.6 Å². The van der Waals surface area contributed by atoms with E-state index in [1.54, 1.807) is 11.3 Å². The number of thiophene rings is 1. The minimum Gasteiger partial charge on any atom is -0.308 e. The Morgan fingerprint density at radius 3 is 2.31 bits per heavy atom. The number of halogens is 1. The Kier molecular flexibility index (Phi) is 4.61. The van der Waals surface area contributed by atoms with E-state index in [9.17, 15) is 0 Å². The molecule has 16 heavy (non-hydrogen) atoms. The topological polar surface area (TPSA) is 12.0 Å². The second-order valence-electron chi connectivity index (χ2n) is 6.23. The van der Waals surface area contributed by atoms with Crippen molar-refractivity contribution in [3.63, 3.8) is 0 Å². The highest BCUT2D eigenvalue weighted by atomic mass is 79.9.